The first-order chi connectivity index (χ1) is 14.0. The van der Waals surface area contributed by atoms with E-state index in [4.69, 9.17) is 23.5 Å². The van der Waals surface area contributed by atoms with Crippen molar-refractivity contribution in [1.82, 2.24) is 0 Å². The normalized spacial score (nSPS) is 15.8. The van der Waals surface area contributed by atoms with Gasteiger partial charge in [-0.25, -0.2) is 0 Å². The molecule has 1 aliphatic heterocycles. The molecule has 3 rings (SSSR count). The molecule has 29 heavy (non-hydrogen) atoms. The van der Waals surface area contributed by atoms with E-state index in [0.29, 0.717) is 55.6 Å². The minimum absolute atomic E-state index is 0.0870. The minimum atomic E-state index is -0.693. The molecular formula is C22H27BO6. The molecule has 0 spiro atoms. The fraction of sp³-hybridized carbons (Fsp3) is 0.409. The molecule has 2 aromatic carbocycles. The maximum Gasteiger partial charge on any atom is 0.498 e. The minimum Gasteiger partial charge on any atom is -0.488 e. The van der Waals surface area contributed by atoms with Crippen molar-refractivity contribution in [1.29, 1.82) is 0 Å². The third-order valence-electron chi connectivity index (χ3n) is 4.58. The van der Waals surface area contributed by atoms with Crippen LogP contribution < -0.4 is 14.9 Å². The number of hydrogen-bond acceptors (Lipinski definition) is 6. The van der Waals surface area contributed by atoms with Crippen LogP contribution in [0.5, 0.6) is 11.5 Å². The first kappa shape index (κ1) is 21.4. The Labute approximate surface area is 172 Å². The Balaban J connectivity index is 1.91. The summed E-state index contributed by atoms with van der Waals surface area (Å²) in [4.78, 5) is 11.7. The summed E-state index contributed by atoms with van der Waals surface area (Å²) in [6.45, 7) is 6.26. The molecule has 1 saturated heterocycles. The van der Waals surface area contributed by atoms with Crippen molar-refractivity contribution in [3.05, 3.63) is 53.6 Å². The van der Waals surface area contributed by atoms with Gasteiger partial charge in [0.2, 0.25) is 0 Å². The second kappa shape index (κ2) is 9.92. The van der Waals surface area contributed by atoms with Crippen LogP contribution in [0.4, 0.5) is 0 Å². The van der Waals surface area contributed by atoms with Crippen LogP contribution in [-0.2, 0) is 20.7 Å². The Morgan fingerprint density at radius 1 is 1.03 bits per heavy atom. The summed E-state index contributed by atoms with van der Waals surface area (Å²) in [6, 6.07) is 13.3. The molecule has 0 saturated carbocycles. The molecule has 2 aromatic rings. The first-order valence-corrected chi connectivity index (χ1v) is 9.68. The zero-order chi connectivity index (χ0) is 20.7. The van der Waals surface area contributed by atoms with Crippen LogP contribution in [-0.4, -0.2) is 46.9 Å². The Morgan fingerprint density at radius 3 is 2.41 bits per heavy atom. The van der Waals surface area contributed by atoms with Gasteiger partial charge in [0, 0.05) is 36.8 Å². The van der Waals surface area contributed by atoms with Crippen molar-refractivity contribution in [3.63, 3.8) is 0 Å². The lowest BCUT2D eigenvalue weighted by Crippen LogP contribution is -2.49. The number of ether oxygens (including phenoxy) is 3. The predicted molar refractivity (Wildman–Crippen MR) is 111 cm³/mol. The average molecular weight is 398 g/mol. The Hall–Kier alpha value is -2.35. The Kier molecular flexibility index (Phi) is 7.31. The number of hydrogen-bond donors (Lipinski definition) is 0. The van der Waals surface area contributed by atoms with Crippen molar-refractivity contribution in [3.8, 4) is 11.5 Å². The fourth-order valence-electron chi connectivity index (χ4n) is 3.02. The van der Waals surface area contributed by atoms with Crippen LogP contribution in [0.2, 0.25) is 0 Å². The lowest BCUT2D eigenvalue weighted by Gasteiger charge is -2.34. The highest BCUT2D eigenvalue weighted by Gasteiger charge is 2.38. The molecule has 0 amide bonds. The zero-order valence-corrected chi connectivity index (χ0v) is 17.2. The maximum absolute atomic E-state index is 11.7. The number of methoxy groups -OCH3 is 1. The highest BCUT2D eigenvalue weighted by Crippen LogP contribution is 2.30. The summed E-state index contributed by atoms with van der Waals surface area (Å²) in [5.74, 6) is 0.981. The first-order valence-electron chi connectivity index (χ1n) is 9.68. The Bertz CT molecular complexity index is 798. The molecule has 0 aromatic heterocycles. The van der Waals surface area contributed by atoms with Gasteiger partial charge in [-0.3, -0.25) is 4.79 Å². The van der Waals surface area contributed by atoms with Gasteiger partial charge in [-0.15, -0.1) is 0 Å². The lowest BCUT2D eigenvalue weighted by molar-refractivity contribution is 0.0339. The number of benzene rings is 2. The number of carbonyl (C=O) groups is 1. The van der Waals surface area contributed by atoms with Gasteiger partial charge in [-0.1, -0.05) is 44.2 Å². The van der Waals surface area contributed by atoms with Crippen LogP contribution in [0.15, 0.2) is 42.5 Å². The molecular weight excluding hydrogens is 371 g/mol. The standard InChI is InChI=1S/C22H27BO6/c1-22(2)15-28-23(29-16-22)20-18(13-24)9-10-19(21(20)26-12-11-25-3)27-14-17-7-5-4-6-8-17/h4-10,13H,11-12,14-16H2,1-3H3. The Morgan fingerprint density at radius 2 is 1.76 bits per heavy atom. The molecule has 0 N–H and O–H groups in total. The molecule has 154 valence electrons. The van der Waals surface area contributed by atoms with Gasteiger partial charge < -0.3 is 23.5 Å². The summed E-state index contributed by atoms with van der Waals surface area (Å²) in [6.07, 6.45) is 0.784. The van der Waals surface area contributed by atoms with Gasteiger partial charge in [-0.2, -0.15) is 0 Å². The number of rotatable bonds is 9. The summed E-state index contributed by atoms with van der Waals surface area (Å²) in [5.41, 5.74) is 1.95. The SMILES string of the molecule is COCCOc1c(OCc2ccccc2)ccc(C=O)c1B1OCC(C)(C)CO1. The average Bonchev–Trinajstić information content (AvgIpc) is 2.73. The van der Waals surface area contributed by atoms with Crippen LogP contribution >= 0.6 is 0 Å². The fourth-order valence-corrected chi connectivity index (χ4v) is 3.02. The molecule has 0 aliphatic carbocycles. The molecule has 1 aliphatic rings. The summed E-state index contributed by atoms with van der Waals surface area (Å²) in [7, 11) is 0.912. The van der Waals surface area contributed by atoms with Crippen LogP contribution in [0.25, 0.3) is 0 Å². The monoisotopic (exact) mass is 398 g/mol. The highest BCUT2D eigenvalue weighted by molar-refractivity contribution is 6.64. The van der Waals surface area contributed by atoms with E-state index in [9.17, 15) is 4.79 Å². The van der Waals surface area contributed by atoms with Gasteiger partial charge in [-0.05, 0) is 17.7 Å². The van der Waals surface area contributed by atoms with E-state index in [1.807, 2.05) is 30.3 Å². The third kappa shape index (κ3) is 5.59. The molecule has 0 radical (unpaired) electrons. The van der Waals surface area contributed by atoms with Crippen molar-refractivity contribution in [2.24, 2.45) is 5.41 Å². The van der Waals surface area contributed by atoms with E-state index in [0.717, 1.165) is 11.8 Å². The van der Waals surface area contributed by atoms with Gasteiger partial charge in [0.1, 0.15) is 19.5 Å². The van der Waals surface area contributed by atoms with Gasteiger partial charge in [0.25, 0.3) is 0 Å². The molecule has 1 fully saturated rings. The molecule has 6 nitrogen and oxygen atoms in total. The van der Waals surface area contributed by atoms with Crippen LogP contribution in [0, 0.1) is 5.41 Å². The third-order valence-corrected chi connectivity index (χ3v) is 4.58. The quantitative estimate of drug-likeness (QED) is 0.368. The van der Waals surface area contributed by atoms with Crippen molar-refractivity contribution < 1.29 is 28.3 Å². The van der Waals surface area contributed by atoms with E-state index < -0.39 is 7.12 Å². The van der Waals surface area contributed by atoms with Crippen LogP contribution in [0.1, 0.15) is 29.8 Å². The zero-order valence-electron chi connectivity index (χ0n) is 17.2. The van der Waals surface area contributed by atoms with Gasteiger partial charge >= 0.3 is 7.12 Å². The van der Waals surface area contributed by atoms with Gasteiger partial charge in [0.05, 0.1) is 6.61 Å². The second-order valence-electron chi connectivity index (χ2n) is 7.75. The number of aldehydes is 1. The summed E-state index contributed by atoms with van der Waals surface area (Å²) >= 11 is 0. The number of carbonyl (C=O) groups excluding carboxylic acids is 1. The lowest BCUT2D eigenvalue weighted by atomic mass is 9.72. The van der Waals surface area contributed by atoms with Crippen LogP contribution in [0.3, 0.4) is 0 Å². The topological polar surface area (TPSA) is 63.2 Å². The predicted octanol–water partition coefficient (Wildman–Crippen LogP) is 2.87. The smallest absolute Gasteiger partial charge is 0.488 e. The second-order valence-corrected chi connectivity index (χ2v) is 7.75. The van der Waals surface area contributed by atoms with Crippen molar-refractivity contribution >= 4 is 18.9 Å². The molecule has 0 bridgehead atoms. The van der Waals surface area contributed by atoms with E-state index in [1.165, 1.54) is 0 Å². The molecule has 1 heterocycles. The largest absolute Gasteiger partial charge is 0.498 e. The molecule has 7 heteroatoms. The van der Waals surface area contributed by atoms with E-state index >= 15 is 0 Å². The van der Waals surface area contributed by atoms with Crippen molar-refractivity contribution in [2.45, 2.75) is 20.5 Å². The van der Waals surface area contributed by atoms with E-state index in [2.05, 4.69) is 13.8 Å². The summed E-state index contributed by atoms with van der Waals surface area (Å²) in [5, 5.41) is 0. The van der Waals surface area contributed by atoms with E-state index in [1.54, 1.807) is 19.2 Å². The maximum atomic E-state index is 11.7. The van der Waals surface area contributed by atoms with E-state index in [-0.39, 0.29) is 5.41 Å². The van der Waals surface area contributed by atoms with Gasteiger partial charge in [0.15, 0.2) is 11.5 Å². The molecule has 0 atom stereocenters. The van der Waals surface area contributed by atoms with Crippen molar-refractivity contribution in [2.75, 3.05) is 33.5 Å². The summed E-state index contributed by atoms with van der Waals surface area (Å²) < 4.78 is 29.0. The highest BCUT2D eigenvalue weighted by atomic mass is 16.6. The molecule has 0 unspecified atom stereocenters.